The van der Waals surface area contributed by atoms with Crippen LogP contribution in [0.3, 0.4) is 0 Å². The maximum absolute atomic E-state index is 12.2. The summed E-state index contributed by atoms with van der Waals surface area (Å²) in [6.07, 6.45) is 0.595. The smallest absolute Gasteiger partial charge is 0.255 e. The molecule has 17 heavy (non-hydrogen) atoms. The maximum Gasteiger partial charge on any atom is 0.255 e. The van der Waals surface area contributed by atoms with Gasteiger partial charge in [0.25, 0.3) is 5.91 Å². The summed E-state index contributed by atoms with van der Waals surface area (Å²) in [6.45, 7) is 3.21. The van der Waals surface area contributed by atoms with Gasteiger partial charge in [-0.25, -0.2) is 0 Å². The zero-order chi connectivity index (χ0) is 12.8. The van der Waals surface area contributed by atoms with E-state index in [1.165, 1.54) is 0 Å². The van der Waals surface area contributed by atoms with Crippen molar-refractivity contribution in [1.29, 1.82) is 0 Å². The molecule has 3 nitrogen and oxygen atoms in total. The molecule has 1 amide bonds. The number of hydrogen-bond donors (Lipinski definition) is 2. The van der Waals surface area contributed by atoms with Crippen LogP contribution in [0.15, 0.2) is 27.6 Å². The Hall–Kier alpha value is -0.520. The van der Waals surface area contributed by atoms with E-state index >= 15 is 0 Å². The molecule has 0 aliphatic carbocycles. The van der Waals surface area contributed by atoms with Crippen LogP contribution < -0.4 is 0 Å². The topological polar surface area (TPSA) is 40.5 Å². The second kappa shape index (κ2) is 7.03. The molecule has 0 radical (unpaired) electrons. The molecule has 1 rings (SSSR count). The fourth-order valence-electron chi connectivity index (χ4n) is 1.51. The number of amides is 1. The van der Waals surface area contributed by atoms with Crippen LogP contribution in [0, 0.1) is 0 Å². The Morgan fingerprint density at radius 2 is 2.24 bits per heavy atom. The van der Waals surface area contributed by atoms with Crippen LogP contribution in [0.5, 0.6) is 0 Å². The van der Waals surface area contributed by atoms with Gasteiger partial charge in [0.15, 0.2) is 0 Å². The molecule has 0 heterocycles. The molecule has 0 saturated heterocycles. The zero-order valence-corrected chi connectivity index (χ0v) is 12.2. The number of nitrogens with zero attached hydrogens (tertiary/aromatic N) is 1. The van der Waals surface area contributed by atoms with Gasteiger partial charge in [0.05, 0.1) is 5.56 Å². The standard InChI is InChI=1S/C12H16BrNO2S/c1-2-14(6-3-7-15)12(16)10-8-9(17)4-5-11(10)13/h4-5,8,15,17H,2-3,6-7H2,1H3. The molecule has 0 saturated carbocycles. The minimum atomic E-state index is -0.0382. The fraction of sp³-hybridized carbons (Fsp3) is 0.417. The van der Waals surface area contributed by atoms with Gasteiger partial charge >= 0.3 is 0 Å². The van der Waals surface area contributed by atoms with Crippen LogP contribution in [0.4, 0.5) is 0 Å². The van der Waals surface area contributed by atoms with Gasteiger partial charge in [-0.1, -0.05) is 0 Å². The highest BCUT2D eigenvalue weighted by Gasteiger charge is 2.16. The van der Waals surface area contributed by atoms with E-state index in [4.69, 9.17) is 5.11 Å². The minimum absolute atomic E-state index is 0.0382. The number of aliphatic hydroxyl groups is 1. The summed E-state index contributed by atoms with van der Waals surface area (Å²) < 4.78 is 0.766. The van der Waals surface area contributed by atoms with Crippen LogP contribution in [0.2, 0.25) is 0 Å². The monoisotopic (exact) mass is 317 g/mol. The van der Waals surface area contributed by atoms with Gasteiger partial charge in [0.1, 0.15) is 0 Å². The highest BCUT2D eigenvalue weighted by Crippen LogP contribution is 2.21. The van der Waals surface area contributed by atoms with E-state index in [1.54, 1.807) is 11.0 Å². The number of carbonyl (C=O) groups excluding carboxylic acids is 1. The van der Waals surface area contributed by atoms with Crippen LogP contribution in [-0.2, 0) is 0 Å². The van der Waals surface area contributed by atoms with Gasteiger partial charge in [-0.3, -0.25) is 4.79 Å². The molecule has 0 aromatic heterocycles. The predicted octanol–water partition coefficient (Wildman–Crippen LogP) is 2.58. The van der Waals surface area contributed by atoms with Crippen LogP contribution in [0.1, 0.15) is 23.7 Å². The van der Waals surface area contributed by atoms with Crippen molar-refractivity contribution in [2.24, 2.45) is 0 Å². The lowest BCUT2D eigenvalue weighted by molar-refractivity contribution is 0.0753. The third-order valence-electron chi connectivity index (χ3n) is 2.44. The third kappa shape index (κ3) is 4.01. The second-order valence-corrected chi connectivity index (χ2v) is 5.00. The quantitative estimate of drug-likeness (QED) is 0.819. The average Bonchev–Trinajstić information content (AvgIpc) is 2.33. The number of carbonyl (C=O) groups is 1. The molecule has 1 aromatic carbocycles. The molecule has 0 spiro atoms. The van der Waals surface area contributed by atoms with E-state index in [0.717, 1.165) is 9.37 Å². The molecular formula is C12H16BrNO2S. The van der Waals surface area contributed by atoms with Crippen LogP contribution in [0.25, 0.3) is 0 Å². The molecular weight excluding hydrogens is 302 g/mol. The van der Waals surface area contributed by atoms with Crippen molar-refractivity contribution in [3.8, 4) is 0 Å². The molecule has 0 bridgehead atoms. The van der Waals surface area contributed by atoms with Gasteiger partial charge < -0.3 is 10.0 Å². The first-order chi connectivity index (χ1) is 8.10. The number of halogens is 1. The molecule has 5 heteroatoms. The van der Waals surface area contributed by atoms with Crippen molar-refractivity contribution in [2.45, 2.75) is 18.2 Å². The maximum atomic E-state index is 12.2. The number of rotatable bonds is 5. The molecule has 0 aliphatic heterocycles. The van der Waals surface area contributed by atoms with Crippen molar-refractivity contribution in [3.05, 3.63) is 28.2 Å². The van der Waals surface area contributed by atoms with Crippen LogP contribution >= 0.6 is 28.6 Å². The second-order valence-electron chi connectivity index (χ2n) is 3.63. The molecule has 1 aromatic rings. The Morgan fingerprint density at radius 1 is 1.53 bits per heavy atom. The third-order valence-corrected chi connectivity index (χ3v) is 3.41. The Kier molecular flexibility index (Phi) is 6.02. The van der Waals surface area contributed by atoms with E-state index in [-0.39, 0.29) is 12.5 Å². The van der Waals surface area contributed by atoms with E-state index < -0.39 is 0 Å². The summed E-state index contributed by atoms with van der Waals surface area (Å²) >= 11 is 7.60. The molecule has 0 aliphatic rings. The fourth-order valence-corrected chi connectivity index (χ4v) is 2.13. The molecule has 0 fully saturated rings. The van der Waals surface area contributed by atoms with Crippen molar-refractivity contribution >= 4 is 34.5 Å². The number of benzene rings is 1. The summed E-state index contributed by atoms with van der Waals surface area (Å²) in [7, 11) is 0. The minimum Gasteiger partial charge on any atom is -0.396 e. The van der Waals surface area contributed by atoms with Gasteiger partial charge in [-0.05, 0) is 47.5 Å². The predicted molar refractivity (Wildman–Crippen MR) is 74.7 cm³/mol. The Labute approximate surface area is 115 Å². The van der Waals surface area contributed by atoms with Crippen molar-refractivity contribution in [2.75, 3.05) is 19.7 Å². The van der Waals surface area contributed by atoms with E-state index in [2.05, 4.69) is 28.6 Å². The number of hydrogen-bond acceptors (Lipinski definition) is 3. The van der Waals surface area contributed by atoms with Crippen molar-refractivity contribution in [1.82, 2.24) is 4.90 Å². The SMILES string of the molecule is CCN(CCCO)C(=O)c1cc(S)ccc1Br. The highest BCUT2D eigenvalue weighted by atomic mass is 79.9. The van der Waals surface area contributed by atoms with Gasteiger partial charge in [-0.15, -0.1) is 12.6 Å². The number of thiol groups is 1. The Morgan fingerprint density at radius 3 is 2.82 bits per heavy atom. The average molecular weight is 318 g/mol. The lowest BCUT2D eigenvalue weighted by Crippen LogP contribution is -2.32. The lowest BCUT2D eigenvalue weighted by Gasteiger charge is -2.21. The normalized spacial score (nSPS) is 10.4. The Bertz CT molecular complexity index is 398. The molecule has 1 N–H and O–H groups in total. The molecule has 0 unspecified atom stereocenters. The largest absolute Gasteiger partial charge is 0.396 e. The summed E-state index contributed by atoms with van der Waals surface area (Å²) in [5.74, 6) is -0.0382. The summed E-state index contributed by atoms with van der Waals surface area (Å²) in [5, 5.41) is 8.80. The van der Waals surface area contributed by atoms with Crippen molar-refractivity contribution < 1.29 is 9.90 Å². The molecule has 0 atom stereocenters. The Balaban J connectivity index is 2.89. The van der Waals surface area contributed by atoms with E-state index in [1.807, 2.05) is 19.1 Å². The van der Waals surface area contributed by atoms with Gasteiger partial charge in [-0.2, -0.15) is 0 Å². The van der Waals surface area contributed by atoms with E-state index in [0.29, 0.717) is 25.1 Å². The first-order valence-electron chi connectivity index (χ1n) is 5.48. The van der Waals surface area contributed by atoms with Gasteiger partial charge in [0, 0.05) is 29.1 Å². The lowest BCUT2D eigenvalue weighted by atomic mass is 10.2. The van der Waals surface area contributed by atoms with E-state index in [9.17, 15) is 4.79 Å². The summed E-state index contributed by atoms with van der Waals surface area (Å²) in [5.41, 5.74) is 0.609. The summed E-state index contributed by atoms with van der Waals surface area (Å²) in [6, 6.07) is 5.39. The van der Waals surface area contributed by atoms with Crippen LogP contribution in [-0.4, -0.2) is 35.6 Å². The highest BCUT2D eigenvalue weighted by molar-refractivity contribution is 9.10. The zero-order valence-electron chi connectivity index (χ0n) is 9.69. The summed E-state index contributed by atoms with van der Waals surface area (Å²) in [4.78, 5) is 14.7. The first-order valence-corrected chi connectivity index (χ1v) is 6.72. The van der Waals surface area contributed by atoms with Gasteiger partial charge in [0.2, 0.25) is 0 Å². The number of aliphatic hydroxyl groups excluding tert-OH is 1. The van der Waals surface area contributed by atoms with Crippen molar-refractivity contribution in [3.63, 3.8) is 0 Å². The molecule has 94 valence electrons. The first kappa shape index (κ1) is 14.5.